The molecule has 2 aromatic carbocycles. The van der Waals surface area contributed by atoms with Crippen LogP contribution < -0.4 is 0 Å². The van der Waals surface area contributed by atoms with Crippen LogP contribution in [-0.4, -0.2) is 31.0 Å². The van der Waals surface area contributed by atoms with Gasteiger partial charge in [-0.1, -0.05) is 48.5 Å². The average molecular weight is 357 g/mol. The predicted octanol–water partition coefficient (Wildman–Crippen LogP) is 2.43. The number of nitrogens with zero attached hydrogens (tertiary/aromatic N) is 1. The van der Waals surface area contributed by atoms with Crippen LogP contribution in [0.5, 0.6) is 0 Å². The number of rotatable bonds is 4. The van der Waals surface area contributed by atoms with Crippen molar-refractivity contribution in [1.29, 1.82) is 0 Å². The number of amides is 1. The predicted molar refractivity (Wildman–Crippen MR) is 93.2 cm³/mol. The Morgan fingerprint density at radius 1 is 0.920 bits per heavy atom. The number of ketones is 1. The van der Waals surface area contributed by atoms with Crippen LogP contribution in [-0.2, 0) is 26.0 Å². The topological polar surface area (TPSA) is 71.5 Å². The minimum atomic E-state index is -4.03. The first-order chi connectivity index (χ1) is 12.0. The second-order valence-corrected chi connectivity index (χ2v) is 7.99. The lowest BCUT2D eigenvalue weighted by Crippen LogP contribution is -2.42. The molecule has 6 heteroatoms. The highest BCUT2D eigenvalue weighted by molar-refractivity contribution is 7.89. The van der Waals surface area contributed by atoms with Crippen LogP contribution >= 0.6 is 0 Å². The van der Waals surface area contributed by atoms with Gasteiger partial charge in [-0.2, -0.15) is 0 Å². The summed E-state index contributed by atoms with van der Waals surface area (Å²) in [6.45, 7) is -0.388. The summed E-state index contributed by atoms with van der Waals surface area (Å²) in [7, 11) is -4.03. The monoisotopic (exact) mass is 357 g/mol. The van der Waals surface area contributed by atoms with Gasteiger partial charge in [-0.25, -0.2) is 12.7 Å². The van der Waals surface area contributed by atoms with E-state index < -0.39 is 21.8 Å². The zero-order valence-corrected chi connectivity index (χ0v) is 14.5. The van der Waals surface area contributed by atoms with Gasteiger partial charge in [0.1, 0.15) is 0 Å². The maximum Gasteiger partial charge on any atom is 0.266 e. The third-order valence-electron chi connectivity index (χ3n) is 4.34. The molecule has 3 rings (SSSR count). The van der Waals surface area contributed by atoms with Crippen molar-refractivity contribution in [2.24, 2.45) is 5.92 Å². The number of benzene rings is 2. The quantitative estimate of drug-likeness (QED) is 0.842. The normalized spacial score (nSPS) is 18.9. The highest BCUT2D eigenvalue weighted by Crippen LogP contribution is 2.25. The number of carbonyl (C=O) groups is 2. The fraction of sp³-hybridized carbons (Fsp3) is 0.263. The zero-order chi connectivity index (χ0) is 17.9. The molecule has 1 heterocycles. The molecule has 1 amide bonds. The summed E-state index contributed by atoms with van der Waals surface area (Å²) in [6, 6.07) is 17.2. The Morgan fingerprint density at radius 2 is 1.52 bits per heavy atom. The van der Waals surface area contributed by atoms with Crippen molar-refractivity contribution in [2.45, 2.75) is 24.2 Å². The van der Waals surface area contributed by atoms with E-state index in [2.05, 4.69) is 0 Å². The summed E-state index contributed by atoms with van der Waals surface area (Å²) in [5.41, 5.74) is 0.951. The van der Waals surface area contributed by atoms with E-state index in [1.165, 1.54) is 12.1 Å². The van der Waals surface area contributed by atoms with Crippen molar-refractivity contribution in [1.82, 2.24) is 4.31 Å². The van der Waals surface area contributed by atoms with Gasteiger partial charge < -0.3 is 0 Å². The molecule has 0 N–H and O–H groups in total. The van der Waals surface area contributed by atoms with Gasteiger partial charge in [-0.15, -0.1) is 0 Å². The Hall–Kier alpha value is -2.47. The summed E-state index contributed by atoms with van der Waals surface area (Å²) < 4.78 is 26.4. The average Bonchev–Trinajstić information content (AvgIpc) is 2.77. The smallest absolute Gasteiger partial charge is 0.266 e. The van der Waals surface area contributed by atoms with Crippen LogP contribution in [0.2, 0.25) is 0 Å². The molecule has 0 bridgehead atoms. The first kappa shape index (κ1) is 17.4. The first-order valence-electron chi connectivity index (χ1n) is 8.16. The maximum absolute atomic E-state index is 12.9. The second-order valence-electron chi connectivity index (χ2n) is 6.13. The van der Waals surface area contributed by atoms with E-state index in [1.807, 2.05) is 30.3 Å². The van der Waals surface area contributed by atoms with Crippen molar-refractivity contribution >= 4 is 21.7 Å². The molecule has 25 heavy (non-hydrogen) atoms. The lowest BCUT2D eigenvalue weighted by molar-refractivity contribution is -0.131. The molecular weight excluding hydrogens is 338 g/mol. The lowest BCUT2D eigenvalue weighted by atomic mass is 9.94. The third kappa shape index (κ3) is 3.79. The number of hydrogen-bond donors (Lipinski definition) is 0. The molecule has 0 aliphatic carbocycles. The van der Waals surface area contributed by atoms with E-state index in [1.54, 1.807) is 18.2 Å². The molecular formula is C19H19NO4S. The van der Waals surface area contributed by atoms with Crippen LogP contribution in [0, 0.1) is 5.92 Å². The number of carbonyl (C=O) groups excluding carboxylic acids is 2. The van der Waals surface area contributed by atoms with Gasteiger partial charge in [0.15, 0.2) is 5.78 Å². The van der Waals surface area contributed by atoms with Gasteiger partial charge in [0.05, 0.1) is 11.4 Å². The Bertz CT molecular complexity index is 863. The van der Waals surface area contributed by atoms with Crippen LogP contribution in [0.4, 0.5) is 0 Å². The SMILES string of the molecule is O=C1CCC(Cc2ccccc2)C(=O)N(S(=O)(=O)c2ccccc2)C1. The second kappa shape index (κ2) is 7.19. The van der Waals surface area contributed by atoms with Crippen LogP contribution in [0.1, 0.15) is 18.4 Å². The van der Waals surface area contributed by atoms with Crippen molar-refractivity contribution in [3.63, 3.8) is 0 Å². The minimum absolute atomic E-state index is 0.0245. The molecule has 1 fully saturated rings. The Kier molecular flexibility index (Phi) is 4.99. The largest absolute Gasteiger partial charge is 0.298 e. The van der Waals surface area contributed by atoms with Crippen molar-refractivity contribution < 1.29 is 18.0 Å². The number of sulfonamides is 1. The molecule has 0 saturated carbocycles. The van der Waals surface area contributed by atoms with Gasteiger partial charge in [0.25, 0.3) is 10.0 Å². The fourth-order valence-electron chi connectivity index (χ4n) is 2.99. The summed E-state index contributed by atoms with van der Waals surface area (Å²) in [6.07, 6.45) is 1.01. The Labute approximate surface area is 147 Å². The number of hydrogen-bond acceptors (Lipinski definition) is 4. The molecule has 1 unspecified atom stereocenters. The number of Topliss-reactive ketones (excluding diaryl/α,β-unsaturated/α-hetero) is 1. The maximum atomic E-state index is 12.9. The third-order valence-corrected chi connectivity index (χ3v) is 6.10. The summed E-state index contributed by atoms with van der Waals surface area (Å²) >= 11 is 0. The summed E-state index contributed by atoms with van der Waals surface area (Å²) in [4.78, 5) is 25.0. The van der Waals surface area contributed by atoms with E-state index in [0.717, 1.165) is 9.87 Å². The van der Waals surface area contributed by atoms with Crippen molar-refractivity contribution in [3.8, 4) is 0 Å². The highest BCUT2D eigenvalue weighted by atomic mass is 32.2. The lowest BCUT2D eigenvalue weighted by Gasteiger charge is -2.23. The molecule has 1 aliphatic heterocycles. The van der Waals surface area contributed by atoms with Crippen LogP contribution in [0.25, 0.3) is 0 Å². The molecule has 0 radical (unpaired) electrons. The van der Waals surface area contributed by atoms with E-state index in [4.69, 9.17) is 0 Å². The van der Waals surface area contributed by atoms with Crippen LogP contribution in [0.3, 0.4) is 0 Å². The highest BCUT2D eigenvalue weighted by Gasteiger charge is 2.37. The van der Waals surface area contributed by atoms with E-state index in [0.29, 0.717) is 12.8 Å². The van der Waals surface area contributed by atoms with Gasteiger partial charge in [0, 0.05) is 12.3 Å². The van der Waals surface area contributed by atoms with E-state index in [-0.39, 0.29) is 23.6 Å². The van der Waals surface area contributed by atoms with Crippen LogP contribution in [0.15, 0.2) is 65.6 Å². The van der Waals surface area contributed by atoms with E-state index in [9.17, 15) is 18.0 Å². The Morgan fingerprint density at radius 3 is 2.16 bits per heavy atom. The van der Waals surface area contributed by atoms with Gasteiger partial charge in [0.2, 0.25) is 5.91 Å². The molecule has 0 aromatic heterocycles. The van der Waals surface area contributed by atoms with E-state index >= 15 is 0 Å². The molecule has 130 valence electrons. The minimum Gasteiger partial charge on any atom is -0.298 e. The Balaban J connectivity index is 1.92. The fourth-order valence-corrected chi connectivity index (χ4v) is 4.45. The summed E-state index contributed by atoms with van der Waals surface area (Å²) in [5, 5.41) is 0. The molecule has 1 atom stereocenters. The molecule has 2 aromatic rings. The molecule has 0 spiro atoms. The van der Waals surface area contributed by atoms with Crippen molar-refractivity contribution in [2.75, 3.05) is 6.54 Å². The van der Waals surface area contributed by atoms with Gasteiger partial charge in [-0.3, -0.25) is 9.59 Å². The summed E-state index contributed by atoms with van der Waals surface area (Å²) in [5.74, 6) is -1.26. The molecule has 1 aliphatic rings. The first-order valence-corrected chi connectivity index (χ1v) is 9.60. The molecule has 5 nitrogen and oxygen atoms in total. The standard InChI is InChI=1S/C19H19NO4S/c21-17-12-11-16(13-15-7-3-1-4-8-15)19(22)20(14-17)25(23,24)18-9-5-2-6-10-18/h1-10,16H,11-14H2. The van der Waals surface area contributed by atoms with Crippen molar-refractivity contribution in [3.05, 3.63) is 66.2 Å². The zero-order valence-electron chi connectivity index (χ0n) is 13.7. The molecule has 1 saturated heterocycles. The van der Waals surface area contributed by atoms with Gasteiger partial charge >= 0.3 is 0 Å². The van der Waals surface area contributed by atoms with Gasteiger partial charge in [-0.05, 0) is 30.5 Å².